The largest absolute Gasteiger partial charge is 0.491 e. The number of ether oxygens (including phenoxy) is 2. The van der Waals surface area contributed by atoms with Gasteiger partial charge in [-0.15, -0.1) is 0 Å². The van der Waals surface area contributed by atoms with E-state index in [1.165, 1.54) is 48.5 Å². The lowest BCUT2D eigenvalue weighted by molar-refractivity contribution is -0.209. The fourth-order valence-corrected chi connectivity index (χ4v) is 3.14. The fourth-order valence-electron chi connectivity index (χ4n) is 3.14. The van der Waals surface area contributed by atoms with Gasteiger partial charge >= 0.3 is 30.1 Å². The van der Waals surface area contributed by atoms with E-state index in [-0.39, 0.29) is 28.5 Å². The van der Waals surface area contributed by atoms with Crippen molar-refractivity contribution in [3.63, 3.8) is 0 Å². The third-order valence-corrected chi connectivity index (χ3v) is 4.79. The summed E-state index contributed by atoms with van der Waals surface area (Å²) >= 11 is 0. The molecule has 0 saturated carbocycles. The molecule has 1 atom stereocenters. The van der Waals surface area contributed by atoms with Crippen molar-refractivity contribution in [2.75, 3.05) is 5.32 Å². The maximum Gasteiger partial charge on any atom is 0.491 e. The van der Waals surface area contributed by atoms with E-state index in [1.807, 2.05) is 0 Å². The van der Waals surface area contributed by atoms with Crippen molar-refractivity contribution >= 4 is 41.2 Å². The smallest absolute Gasteiger partial charge is 0.481 e. The average Bonchev–Trinajstić information content (AvgIpc) is 3.23. The van der Waals surface area contributed by atoms with E-state index in [9.17, 15) is 32.3 Å². The highest BCUT2D eigenvalue weighted by Gasteiger charge is 2.53. The van der Waals surface area contributed by atoms with Gasteiger partial charge in [0.2, 0.25) is 5.60 Å². The third-order valence-electron chi connectivity index (χ3n) is 4.79. The van der Waals surface area contributed by atoms with Crippen LogP contribution in [0.5, 0.6) is 5.75 Å². The van der Waals surface area contributed by atoms with Gasteiger partial charge in [0.05, 0.1) is 17.7 Å². The topological polar surface area (TPSA) is 190 Å². The maximum absolute atomic E-state index is 12.5. The normalized spacial score (nSPS) is 16.7. The Morgan fingerprint density at radius 2 is 1.84 bits per heavy atom. The van der Waals surface area contributed by atoms with Crippen LogP contribution in [0.15, 0.2) is 53.7 Å². The van der Waals surface area contributed by atoms with E-state index >= 15 is 0 Å². The van der Waals surface area contributed by atoms with Crippen LogP contribution in [0, 0.1) is 5.41 Å². The highest BCUT2D eigenvalue weighted by molar-refractivity contribution is 6.07. The Morgan fingerprint density at radius 1 is 1.16 bits per heavy atom. The Balaban J connectivity index is 1.75. The molecule has 2 aromatic rings. The van der Waals surface area contributed by atoms with Crippen molar-refractivity contribution in [1.29, 1.82) is 5.41 Å². The van der Waals surface area contributed by atoms with Gasteiger partial charge in [-0.3, -0.25) is 10.2 Å². The molecule has 1 heterocycles. The average molecular weight is 522 g/mol. The second kappa shape index (κ2) is 10.3. The molecule has 1 aliphatic heterocycles. The van der Waals surface area contributed by atoms with Gasteiger partial charge in [-0.05, 0) is 36.4 Å². The first kappa shape index (κ1) is 26.7. The van der Waals surface area contributed by atoms with Gasteiger partial charge in [0.25, 0.3) is 0 Å². The number of nitrogens with zero attached hydrogens (tertiary/aromatic N) is 1. The SMILES string of the molecule is N=C(N)Nc1ccc(C(=O)Oc2cccc(C3=NO[C@@](CC(=O)O)(C(=O)OC(=O)C(F)(F)F)C3)c2)cc1. The summed E-state index contributed by atoms with van der Waals surface area (Å²) in [6, 6.07) is 11.4. The van der Waals surface area contributed by atoms with Gasteiger partial charge in [0.1, 0.15) is 5.75 Å². The number of anilines is 1. The number of halogens is 3. The quantitative estimate of drug-likeness (QED) is 0.138. The molecule has 0 spiro atoms. The van der Waals surface area contributed by atoms with E-state index < -0.39 is 48.5 Å². The minimum absolute atomic E-state index is 0.0155. The molecule has 0 aliphatic carbocycles. The number of guanidine groups is 1. The van der Waals surface area contributed by atoms with Gasteiger partial charge in [0.15, 0.2) is 5.96 Å². The number of benzene rings is 2. The molecule has 3 rings (SSSR count). The van der Waals surface area contributed by atoms with Crippen LogP contribution in [0.3, 0.4) is 0 Å². The summed E-state index contributed by atoms with van der Waals surface area (Å²) in [6.07, 6.45) is -7.29. The summed E-state index contributed by atoms with van der Waals surface area (Å²) in [6.45, 7) is 0. The van der Waals surface area contributed by atoms with E-state index in [4.69, 9.17) is 25.8 Å². The maximum atomic E-state index is 12.5. The number of aliphatic carboxylic acids is 1. The molecule has 0 amide bonds. The lowest BCUT2D eigenvalue weighted by Crippen LogP contribution is -2.45. The second-order valence-corrected chi connectivity index (χ2v) is 7.58. The highest BCUT2D eigenvalue weighted by atomic mass is 19.4. The van der Waals surface area contributed by atoms with E-state index in [0.29, 0.717) is 5.69 Å². The van der Waals surface area contributed by atoms with Crippen LogP contribution in [0.1, 0.15) is 28.8 Å². The number of esters is 3. The van der Waals surface area contributed by atoms with Crippen molar-refractivity contribution in [2.45, 2.75) is 24.6 Å². The molecule has 0 aromatic heterocycles. The van der Waals surface area contributed by atoms with Crippen LogP contribution in [-0.2, 0) is 24.0 Å². The fraction of sp³-hybridized carbons (Fsp3) is 0.182. The molecule has 2 aromatic carbocycles. The van der Waals surface area contributed by atoms with Crippen molar-refractivity contribution < 1.29 is 51.8 Å². The standard InChI is InChI=1S/C22H17F3N4O8/c23-22(24,25)19(34)36-18(33)21(10-16(30)31)9-15(29-37-21)12-2-1-3-14(8-12)35-17(32)11-4-6-13(7-5-11)28-20(26)27/h1-8H,9-10H2,(H,30,31)(H4,26,27,28)/t21-/m0/s1. The summed E-state index contributed by atoms with van der Waals surface area (Å²) in [5, 5.41) is 22.5. The van der Waals surface area contributed by atoms with Crippen molar-refractivity contribution in [2.24, 2.45) is 10.9 Å². The number of carboxylic acid groups (broad SMARTS) is 1. The van der Waals surface area contributed by atoms with Gasteiger partial charge < -0.3 is 30.5 Å². The predicted molar refractivity (Wildman–Crippen MR) is 118 cm³/mol. The molecule has 194 valence electrons. The molecule has 12 nitrogen and oxygen atoms in total. The minimum atomic E-state index is -5.50. The highest BCUT2D eigenvalue weighted by Crippen LogP contribution is 2.33. The van der Waals surface area contributed by atoms with Crippen LogP contribution in [-0.4, -0.2) is 52.4 Å². The number of carbonyl (C=O) groups excluding carboxylic acids is 3. The van der Waals surface area contributed by atoms with E-state index in [1.54, 1.807) is 0 Å². The molecule has 0 fully saturated rings. The monoisotopic (exact) mass is 522 g/mol. The van der Waals surface area contributed by atoms with Gasteiger partial charge in [0, 0.05) is 17.7 Å². The van der Waals surface area contributed by atoms with Crippen LogP contribution >= 0.6 is 0 Å². The summed E-state index contributed by atoms with van der Waals surface area (Å²) in [4.78, 5) is 52.0. The Morgan fingerprint density at radius 3 is 2.43 bits per heavy atom. The zero-order valence-corrected chi connectivity index (χ0v) is 18.5. The van der Waals surface area contributed by atoms with Crippen LogP contribution in [0.2, 0.25) is 0 Å². The molecular weight excluding hydrogens is 505 g/mol. The summed E-state index contributed by atoms with van der Waals surface area (Å²) in [7, 11) is 0. The second-order valence-electron chi connectivity index (χ2n) is 7.58. The van der Waals surface area contributed by atoms with E-state index in [2.05, 4.69) is 15.2 Å². The molecule has 15 heteroatoms. The zero-order valence-electron chi connectivity index (χ0n) is 18.5. The number of hydrogen-bond acceptors (Lipinski definition) is 9. The Bertz CT molecular complexity index is 1290. The summed E-state index contributed by atoms with van der Waals surface area (Å²) in [5.74, 6) is -7.37. The molecule has 0 bridgehead atoms. The number of nitrogens with two attached hydrogens (primary N) is 1. The number of hydrogen-bond donors (Lipinski definition) is 4. The Kier molecular flexibility index (Phi) is 7.45. The Hall–Kier alpha value is -4.95. The van der Waals surface area contributed by atoms with Gasteiger partial charge in [-0.2, -0.15) is 13.2 Å². The number of carbonyl (C=O) groups is 4. The first-order valence-electron chi connectivity index (χ1n) is 10.1. The molecule has 5 N–H and O–H groups in total. The molecule has 37 heavy (non-hydrogen) atoms. The Labute approximate surface area is 205 Å². The molecular formula is C22H17F3N4O8. The predicted octanol–water partition coefficient (Wildman–Crippen LogP) is 2.18. The van der Waals surface area contributed by atoms with Gasteiger partial charge in [-0.1, -0.05) is 17.3 Å². The summed E-state index contributed by atoms with van der Waals surface area (Å²) < 4.78 is 46.6. The third kappa shape index (κ3) is 6.59. The zero-order chi connectivity index (χ0) is 27.4. The summed E-state index contributed by atoms with van der Waals surface area (Å²) in [5.41, 5.74) is 3.44. The number of nitrogens with one attached hydrogen (secondary N) is 2. The number of alkyl halides is 3. The number of oxime groups is 1. The van der Waals surface area contributed by atoms with Crippen molar-refractivity contribution in [3.05, 3.63) is 59.7 Å². The number of rotatable bonds is 7. The van der Waals surface area contributed by atoms with E-state index in [0.717, 1.165) is 0 Å². The molecule has 0 saturated heterocycles. The van der Waals surface area contributed by atoms with Crippen LogP contribution in [0.25, 0.3) is 0 Å². The van der Waals surface area contributed by atoms with Crippen molar-refractivity contribution in [3.8, 4) is 5.75 Å². The first-order chi connectivity index (χ1) is 17.3. The lowest BCUT2D eigenvalue weighted by atomic mass is 9.91. The van der Waals surface area contributed by atoms with Gasteiger partial charge in [-0.25, -0.2) is 14.4 Å². The molecule has 1 aliphatic rings. The van der Waals surface area contributed by atoms with Crippen LogP contribution < -0.4 is 15.8 Å². The van der Waals surface area contributed by atoms with Crippen LogP contribution in [0.4, 0.5) is 18.9 Å². The first-order valence-corrected chi connectivity index (χ1v) is 10.1. The minimum Gasteiger partial charge on any atom is -0.481 e. The van der Waals surface area contributed by atoms with Crippen molar-refractivity contribution in [1.82, 2.24) is 0 Å². The molecule has 0 radical (unpaired) electrons. The lowest BCUT2D eigenvalue weighted by Gasteiger charge is -2.22. The number of carboxylic acids is 1. The molecule has 0 unspecified atom stereocenters.